The summed E-state index contributed by atoms with van der Waals surface area (Å²) in [5.74, 6) is 0.362. The van der Waals surface area contributed by atoms with E-state index in [0.29, 0.717) is 5.75 Å². The van der Waals surface area contributed by atoms with Crippen molar-refractivity contribution in [2.75, 3.05) is 7.11 Å². The fourth-order valence-electron chi connectivity index (χ4n) is 0.701. The Kier molecular flexibility index (Phi) is 2.35. The normalized spacial score (nSPS) is 11.2. The van der Waals surface area contributed by atoms with Crippen molar-refractivity contribution in [3.05, 3.63) is 24.3 Å². The minimum absolute atomic E-state index is 0.290. The fourth-order valence-corrected chi connectivity index (χ4v) is 1.18. The van der Waals surface area contributed by atoms with Gasteiger partial charge in [-0.15, -0.1) is 0 Å². The van der Waals surface area contributed by atoms with Crippen LogP contribution >= 0.6 is 0 Å². The molecule has 0 aromatic heterocycles. The van der Waals surface area contributed by atoms with Crippen LogP contribution in [-0.4, -0.2) is 20.1 Å². The molecular formula is C7H7O4S. The second kappa shape index (κ2) is 3.12. The van der Waals surface area contributed by atoms with Crippen molar-refractivity contribution in [2.24, 2.45) is 0 Å². The summed E-state index contributed by atoms with van der Waals surface area (Å²) in [6.07, 6.45) is 0. The second-order valence-electron chi connectivity index (χ2n) is 2.07. The SMILES string of the molecule is COc1cc[c]c(S(=O)(=O)O)c1. The van der Waals surface area contributed by atoms with Gasteiger partial charge in [0.05, 0.1) is 7.11 Å². The van der Waals surface area contributed by atoms with E-state index in [1.807, 2.05) is 0 Å². The van der Waals surface area contributed by atoms with Gasteiger partial charge in [-0.25, -0.2) is 0 Å². The lowest BCUT2D eigenvalue weighted by Crippen LogP contribution is -1.98. The summed E-state index contributed by atoms with van der Waals surface area (Å²) in [5.41, 5.74) is 0. The largest absolute Gasteiger partial charge is 0.497 e. The highest BCUT2D eigenvalue weighted by molar-refractivity contribution is 7.85. The molecular weight excluding hydrogens is 180 g/mol. The number of hydrogen-bond acceptors (Lipinski definition) is 3. The zero-order valence-electron chi connectivity index (χ0n) is 6.31. The zero-order valence-corrected chi connectivity index (χ0v) is 7.13. The molecule has 0 unspecified atom stereocenters. The summed E-state index contributed by atoms with van der Waals surface area (Å²) in [7, 11) is -2.77. The Morgan fingerprint density at radius 1 is 1.58 bits per heavy atom. The Morgan fingerprint density at radius 3 is 2.75 bits per heavy atom. The van der Waals surface area contributed by atoms with Gasteiger partial charge < -0.3 is 4.74 Å². The van der Waals surface area contributed by atoms with Crippen LogP contribution in [0.4, 0.5) is 0 Å². The Balaban J connectivity index is 3.20. The Labute approximate surface area is 70.5 Å². The fraction of sp³-hybridized carbons (Fsp3) is 0.143. The maximum Gasteiger partial charge on any atom is 0.295 e. The maximum atomic E-state index is 10.6. The van der Waals surface area contributed by atoms with Crippen molar-refractivity contribution >= 4 is 10.1 Å². The molecule has 5 heteroatoms. The minimum Gasteiger partial charge on any atom is -0.497 e. The molecule has 0 saturated carbocycles. The predicted octanol–water partition coefficient (Wildman–Crippen LogP) is 0.742. The van der Waals surface area contributed by atoms with Crippen LogP contribution in [0.25, 0.3) is 0 Å². The molecule has 0 aliphatic carbocycles. The number of methoxy groups -OCH3 is 1. The van der Waals surface area contributed by atoms with Crippen molar-refractivity contribution in [3.8, 4) is 5.75 Å². The standard InChI is InChI=1S/C7H7O4S/c1-11-6-3-2-4-7(5-6)12(8,9)10/h2-3,5H,1H3,(H,8,9,10). The lowest BCUT2D eigenvalue weighted by Gasteiger charge is -1.99. The molecule has 4 nitrogen and oxygen atoms in total. The van der Waals surface area contributed by atoms with Gasteiger partial charge in [-0.3, -0.25) is 4.55 Å². The Bertz CT molecular complexity index is 369. The van der Waals surface area contributed by atoms with E-state index in [1.165, 1.54) is 25.3 Å². The monoisotopic (exact) mass is 187 g/mol. The van der Waals surface area contributed by atoms with E-state index in [-0.39, 0.29) is 4.90 Å². The third-order valence-electron chi connectivity index (χ3n) is 1.26. The molecule has 1 radical (unpaired) electrons. The molecule has 0 spiro atoms. The average molecular weight is 187 g/mol. The molecule has 0 amide bonds. The van der Waals surface area contributed by atoms with Gasteiger partial charge in [-0.05, 0) is 12.1 Å². The van der Waals surface area contributed by atoms with E-state index >= 15 is 0 Å². The van der Waals surface area contributed by atoms with Crippen LogP contribution < -0.4 is 4.74 Å². The van der Waals surface area contributed by atoms with E-state index in [1.54, 1.807) is 0 Å². The third kappa shape index (κ3) is 1.96. The van der Waals surface area contributed by atoms with Gasteiger partial charge >= 0.3 is 0 Å². The highest BCUT2D eigenvalue weighted by Gasteiger charge is 2.09. The second-order valence-corrected chi connectivity index (χ2v) is 3.46. The molecule has 0 atom stereocenters. The van der Waals surface area contributed by atoms with Gasteiger partial charge in [-0.2, -0.15) is 8.42 Å². The average Bonchev–Trinajstić information content (AvgIpc) is 2.03. The maximum absolute atomic E-state index is 10.6. The molecule has 0 bridgehead atoms. The lowest BCUT2D eigenvalue weighted by molar-refractivity contribution is 0.412. The molecule has 1 aromatic rings. The van der Waals surface area contributed by atoms with Crippen LogP contribution in [0.15, 0.2) is 23.1 Å². The highest BCUT2D eigenvalue weighted by atomic mass is 32.2. The van der Waals surface area contributed by atoms with E-state index in [2.05, 4.69) is 6.07 Å². The molecule has 0 aliphatic rings. The van der Waals surface area contributed by atoms with Gasteiger partial charge in [0.15, 0.2) is 0 Å². The predicted molar refractivity (Wildman–Crippen MR) is 41.6 cm³/mol. The molecule has 12 heavy (non-hydrogen) atoms. The van der Waals surface area contributed by atoms with Crippen molar-refractivity contribution in [3.63, 3.8) is 0 Å². The van der Waals surface area contributed by atoms with Gasteiger partial charge in [-0.1, -0.05) is 0 Å². The van der Waals surface area contributed by atoms with Crippen LogP contribution in [0.5, 0.6) is 5.75 Å². The van der Waals surface area contributed by atoms with Gasteiger partial charge in [0.2, 0.25) is 0 Å². The Morgan fingerprint density at radius 2 is 2.25 bits per heavy atom. The van der Waals surface area contributed by atoms with Crippen molar-refractivity contribution in [2.45, 2.75) is 4.90 Å². The van der Waals surface area contributed by atoms with E-state index in [9.17, 15) is 8.42 Å². The Hall–Kier alpha value is -1.07. The molecule has 65 valence electrons. The lowest BCUT2D eigenvalue weighted by atomic mass is 10.3. The van der Waals surface area contributed by atoms with E-state index < -0.39 is 10.1 Å². The van der Waals surface area contributed by atoms with Crippen LogP contribution in [0.2, 0.25) is 0 Å². The minimum atomic E-state index is -4.17. The summed E-state index contributed by atoms with van der Waals surface area (Å²) in [5, 5.41) is 0. The first kappa shape index (κ1) is 9.02. The van der Waals surface area contributed by atoms with Gasteiger partial charge in [0.1, 0.15) is 10.6 Å². The summed E-state index contributed by atoms with van der Waals surface area (Å²) in [6.45, 7) is 0. The number of rotatable bonds is 2. The highest BCUT2D eigenvalue weighted by Crippen LogP contribution is 2.15. The first-order chi connectivity index (χ1) is 5.54. The number of ether oxygens (including phenoxy) is 1. The number of hydrogen-bond donors (Lipinski definition) is 1. The summed E-state index contributed by atoms with van der Waals surface area (Å²) in [4.78, 5) is -0.290. The quantitative estimate of drug-likeness (QED) is 0.693. The molecule has 0 heterocycles. The van der Waals surface area contributed by atoms with Gasteiger partial charge in [0, 0.05) is 12.1 Å². The topological polar surface area (TPSA) is 63.6 Å². The summed E-state index contributed by atoms with van der Waals surface area (Å²) in [6, 6.07) is 6.45. The molecule has 0 aliphatic heterocycles. The van der Waals surface area contributed by atoms with Crippen LogP contribution in [-0.2, 0) is 10.1 Å². The zero-order chi connectivity index (χ0) is 9.19. The van der Waals surface area contributed by atoms with Crippen LogP contribution in [0.1, 0.15) is 0 Å². The van der Waals surface area contributed by atoms with E-state index in [0.717, 1.165) is 0 Å². The molecule has 1 N–H and O–H groups in total. The van der Waals surface area contributed by atoms with Crippen LogP contribution in [0, 0.1) is 6.07 Å². The summed E-state index contributed by atoms with van der Waals surface area (Å²) >= 11 is 0. The smallest absolute Gasteiger partial charge is 0.295 e. The van der Waals surface area contributed by atoms with Crippen LogP contribution in [0.3, 0.4) is 0 Å². The van der Waals surface area contributed by atoms with Crippen molar-refractivity contribution in [1.29, 1.82) is 0 Å². The third-order valence-corrected chi connectivity index (χ3v) is 2.05. The van der Waals surface area contributed by atoms with E-state index in [4.69, 9.17) is 9.29 Å². The van der Waals surface area contributed by atoms with Gasteiger partial charge in [0.25, 0.3) is 10.1 Å². The first-order valence-corrected chi connectivity index (χ1v) is 4.51. The molecule has 1 aromatic carbocycles. The van der Waals surface area contributed by atoms with Crippen molar-refractivity contribution < 1.29 is 17.7 Å². The summed E-state index contributed by atoms with van der Waals surface area (Å²) < 4.78 is 34.5. The molecule has 0 saturated heterocycles. The number of benzene rings is 1. The first-order valence-electron chi connectivity index (χ1n) is 3.07. The molecule has 1 rings (SSSR count). The molecule has 0 fully saturated rings. The van der Waals surface area contributed by atoms with Crippen molar-refractivity contribution in [1.82, 2.24) is 0 Å².